The van der Waals surface area contributed by atoms with Crippen LogP contribution in [-0.2, 0) is 21.4 Å². The molecule has 0 saturated heterocycles. The number of esters is 1. The van der Waals surface area contributed by atoms with Crippen LogP contribution in [0.25, 0.3) is 11.0 Å². The number of nitrogens with one attached hydrogen (secondary N) is 1. The Morgan fingerprint density at radius 1 is 1.17 bits per heavy atom. The summed E-state index contributed by atoms with van der Waals surface area (Å²) >= 11 is 0. The number of benzene rings is 2. The molecule has 9 heteroatoms. The Kier molecular flexibility index (Phi) is 6.23. The van der Waals surface area contributed by atoms with E-state index in [1.165, 1.54) is 42.5 Å². The minimum atomic E-state index is -3.67. The second kappa shape index (κ2) is 8.68. The minimum absolute atomic E-state index is 0.0471. The maximum Gasteiger partial charge on any atom is 0.338 e. The number of phenols is 1. The van der Waals surface area contributed by atoms with Crippen molar-refractivity contribution in [2.24, 2.45) is 0 Å². The fraction of sp³-hybridized carbons (Fsp3) is 0.238. The molecule has 3 rings (SSSR count). The Hall–Kier alpha value is -3.17. The highest BCUT2D eigenvalue weighted by Gasteiger charge is 2.18. The molecule has 0 aliphatic carbocycles. The maximum atomic E-state index is 12.3. The summed E-state index contributed by atoms with van der Waals surface area (Å²) < 4.78 is 37.4. The number of phenolic OH excluding ortho intramolecular Hbond substituents is 1. The standard InChI is InChI=1S/C21H21NO7S/c1-3-13(2)22-30(26,27)17-7-4-14(5-8-17)21(25)28-12-15-10-20(24)29-19-11-16(23)6-9-18(15)19/h4-11,13,22-23H,3,12H2,1-2H3. The predicted molar refractivity (Wildman–Crippen MR) is 110 cm³/mol. The van der Waals surface area contributed by atoms with Gasteiger partial charge in [0.1, 0.15) is 17.9 Å². The summed E-state index contributed by atoms with van der Waals surface area (Å²) in [6.07, 6.45) is 0.649. The fourth-order valence-corrected chi connectivity index (χ4v) is 4.08. The van der Waals surface area contributed by atoms with Gasteiger partial charge in [-0.2, -0.15) is 0 Å². The van der Waals surface area contributed by atoms with Crippen LogP contribution >= 0.6 is 0 Å². The van der Waals surface area contributed by atoms with Gasteiger partial charge < -0.3 is 14.3 Å². The van der Waals surface area contributed by atoms with Crippen LogP contribution < -0.4 is 10.3 Å². The first kappa shape index (κ1) is 21.5. The lowest BCUT2D eigenvalue weighted by Gasteiger charge is -2.12. The van der Waals surface area contributed by atoms with Gasteiger partial charge in [0.25, 0.3) is 0 Å². The van der Waals surface area contributed by atoms with Crippen LogP contribution in [0.1, 0.15) is 36.2 Å². The number of hydrogen-bond acceptors (Lipinski definition) is 7. The molecule has 1 unspecified atom stereocenters. The number of carbonyl (C=O) groups is 1. The quantitative estimate of drug-likeness (QED) is 0.435. The molecule has 0 bridgehead atoms. The molecule has 0 fully saturated rings. The molecule has 0 saturated carbocycles. The number of rotatable bonds is 7. The smallest absolute Gasteiger partial charge is 0.338 e. The lowest BCUT2D eigenvalue weighted by molar-refractivity contribution is 0.0473. The van der Waals surface area contributed by atoms with Crippen molar-refractivity contribution in [3.8, 4) is 5.75 Å². The van der Waals surface area contributed by atoms with E-state index < -0.39 is 21.6 Å². The SMILES string of the molecule is CCC(C)NS(=O)(=O)c1ccc(C(=O)OCc2cc(=O)oc3cc(O)ccc23)cc1. The summed E-state index contributed by atoms with van der Waals surface area (Å²) in [5.74, 6) is -0.730. The molecule has 2 aromatic carbocycles. The summed E-state index contributed by atoms with van der Waals surface area (Å²) in [6.45, 7) is 3.44. The molecule has 0 aliphatic heterocycles. The first-order valence-corrected chi connectivity index (χ1v) is 10.7. The van der Waals surface area contributed by atoms with Crippen molar-refractivity contribution in [1.82, 2.24) is 4.72 Å². The number of aromatic hydroxyl groups is 1. The van der Waals surface area contributed by atoms with Gasteiger partial charge in [-0.15, -0.1) is 0 Å². The van der Waals surface area contributed by atoms with E-state index in [1.54, 1.807) is 13.0 Å². The Balaban J connectivity index is 1.75. The molecule has 158 valence electrons. The Bertz CT molecular complexity index is 1230. The van der Waals surface area contributed by atoms with Crippen molar-refractivity contribution in [1.29, 1.82) is 0 Å². The fourth-order valence-electron chi connectivity index (χ4n) is 2.75. The van der Waals surface area contributed by atoms with Gasteiger partial charge in [-0.25, -0.2) is 22.7 Å². The Morgan fingerprint density at radius 2 is 1.87 bits per heavy atom. The molecule has 1 heterocycles. The monoisotopic (exact) mass is 431 g/mol. The summed E-state index contributed by atoms with van der Waals surface area (Å²) in [4.78, 5) is 24.1. The number of sulfonamides is 1. The van der Waals surface area contributed by atoms with Crippen molar-refractivity contribution in [3.05, 3.63) is 70.1 Å². The largest absolute Gasteiger partial charge is 0.508 e. The summed E-state index contributed by atoms with van der Waals surface area (Å²) in [7, 11) is -3.67. The summed E-state index contributed by atoms with van der Waals surface area (Å²) in [5.41, 5.74) is 0.133. The van der Waals surface area contributed by atoms with Crippen LogP contribution in [0.4, 0.5) is 0 Å². The molecule has 0 aliphatic rings. The first-order valence-electron chi connectivity index (χ1n) is 9.25. The average molecular weight is 431 g/mol. The zero-order valence-electron chi connectivity index (χ0n) is 16.4. The van der Waals surface area contributed by atoms with E-state index in [0.29, 0.717) is 17.4 Å². The van der Waals surface area contributed by atoms with E-state index >= 15 is 0 Å². The minimum Gasteiger partial charge on any atom is -0.508 e. The molecule has 8 nitrogen and oxygen atoms in total. The van der Waals surface area contributed by atoms with Crippen LogP contribution in [0.2, 0.25) is 0 Å². The molecular weight excluding hydrogens is 410 g/mol. The molecule has 1 aromatic heterocycles. The highest BCUT2D eigenvalue weighted by atomic mass is 32.2. The summed E-state index contributed by atoms with van der Waals surface area (Å²) in [6, 6.07) is 10.7. The zero-order chi connectivity index (χ0) is 21.9. The number of fused-ring (bicyclic) bond motifs is 1. The van der Waals surface area contributed by atoms with Gasteiger partial charge in [-0.3, -0.25) is 0 Å². The van der Waals surface area contributed by atoms with Crippen molar-refractivity contribution in [2.45, 2.75) is 37.8 Å². The predicted octanol–water partition coefficient (Wildman–Crippen LogP) is 2.93. The molecular formula is C21H21NO7S. The highest BCUT2D eigenvalue weighted by molar-refractivity contribution is 7.89. The molecule has 0 radical (unpaired) electrons. The molecule has 0 spiro atoms. The number of carbonyl (C=O) groups excluding carboxylic acids is 1. The summed E-state index contributed by atoms with van der Waals surface area (Å²) in [5, 5.41) is 10.1. The van der Waals surface area contributed by atoms with Gasteiger partial charge in [0, 0.05) is 29.1 Å². The van der Waals surface area contributed by atoms with Crippen molar-refractivity contribution in [3.63, 3.8) is 0 Å². The lowest BCUT2D eigenvalue weighted by Crippen LogP contribution is -2.32. The van der Waals surface area contributed by atoms with Crippen LogP contribution in [0.3, 0.4) is 0 Å². The molecule has 1 atom stereocenters. The van der Waals surface area contributed by atoms with E-state index in [0.717, 1.165) is 0 Å². The number of hydrogen-bond donors (Lipinski definition) is 2. The van der Waals surface area contributed by atoms with Gasteiger partial charge in [-0.05, 0) is 49.7 Å². The van der Waals surface area contributed by atoms with E-state index in [-0.39, 0.29) is 34.4 Å². The maximum absolute atomic E-state index is 12.3. The first-order chi connectivity index (χ1) is 14.2. The molecule has 2 N–H and O–H groups in total. The van der Waals surface area contributed by atoms with Gasteiger partial charge in [0.2, 0.25) is 10.0 Å². The van der Waals surface area contributed by atoms with Crippen LogP contribution in [0.15, 0.2) is 62.6 Å². The van der Waals surface area contributed by atoms with Crippen LogP contribution in [0.5, 0.6) is 5.75 Å². The third-order valence-corrected chi connectivity index (χ3v) is 6.15. The Labute approximate surface area is 173 Å². The third-order valence-electron chi connectivity index (χ3n) is 4.54. The highest BCUT2D eigenvalue weighted by Crippen LogP contribution is 2.22. The van der Waals surface area contributed by atoms with Crippen molar-refractivity contribution in [2.75, 3.05) is 0 Å². The van der Waals surface area contributed by atoms with Gasteiger partial charge in [0.05, 0.1) is 10.5 Å². The zero-order valence-corrected chi connectivity index (χ0v) is 17.2. The van der Waals surface area contributed by atoms with E-state index in [2.05, 4.69) is 4.72 Å². The molecule has 30 heavy (non-hydrogen) atoms. The third kappa shape index (κ3) is 4.87. The molecule has 3 aromatic rings. The topological polar surface area (TPSA) is 123 Å². The van der Waals surface area contributed by atoms with Gasteiger partial charge in [0.15, 0.2) is 0 Å². The van der Waals surface area contributed by atoms with E-state index in [9.17, 15) is 23.1 Å². The second-order valence-corrected chi connectivity index (χ2v) is 8.52. The van der Waals surface area contributed by atoms with Crippen molar-refractivity contribution >= 4 is 27.0 Å². The van der Waals surface area contributed by atoms with E-state index in [4.69, 9.17) is 9.15 Å². The van der Waals surface area contributed by atoms with Crippen LogP contribution in [0, 0.1) is 0 Å². The van der Waals surface area contributed by atoms with E-state index in [1.807, 2.05) is 6.92 Å². The molecule has 0 amide bonds. The van der Waals surface area contributed by atoms with Crippen molar-refractivity contribution < 1.29 is 27.5 Å². The lowest BCUT2D eigenvalue weighted by atomic mass is 10.1. The average Bonchev–Trinajstić information content (AvgIpc) is 2.71. The van der Waals surface area contributed by atoms with Gasteiger partial charge in [-0.1, -0.05) is 6.92 Å². The second-order valence-electron chi connectivity index (χ2n) is 6.80. The van der Waals surface area contributed by atoms with Crippen LogP contribution in [-0.4, -0.2) is 25.5 Å². The number of ether oxygens (including phenoxy) is 1. The normalized spacial score (nSPS) is 12.6. The van der Waals surface area contributed by atoms with Gasteiger partial charge >= 0.3 is 11.6 Å². The Morgan fingerprint density at radius 3 is 2.53 bits per heavy atom.